The van der Waals surface area contributed by atoms with Crippen LogP contribution in [0.15, 0.2) is 11.8 Å². The molecule has 2 aliphatic heterocycles. The zero-order valence-corrected chi connectivity index (χ0v) is 17.2. The van der Waals surface area contributed by atoms with Crippen LogP contribution in [0.2, 0.25) is 0 Å². The number of carbonyl (C=O) groups excluding carboxylic acids is 3. The van der Waals surface area contributed by atoms with Crippen molar-refractivity contribution in [3.63, 3.8) is 0 Å². The summed E-state index contributed by atoms with van der Waals surface area (Å²) in [6.45, 7) is 2.78. The lowest BCUT2D eigenvalue weighted by Gasteiger charge is -2.20. The van der Waals surface area contributed by atoms with Gasteiger partial charge in [0, 0.05) is 35.8 Å². The highest BCUT2D eigenvalue weighted by atomic mass is 32.2. The molecule has 3 aliphatic rings. The number of ketones is 1. The van der Waals surface area contributed by atoms with Crippen molar-refractivity contribution >= 4 is 29.5 Å². The van der Waals surface area contributed by atoms with Crippen LogP contribution < -0.4 is 10.6 Å². The molecule has 156 valence electrons. The lowest BCUT2D eigenvalue weighted by molar-refractivity contribution is -0.144. The number of urea groups is 1. The van der Waals surface area contributed by atoms with Crippen molar-refractivity contribution in [2.75, 3.05) is 19.0 Å². The predicted octanol–water partition coefficient (Wildman–Crippen LogP) is 2.55. The number of hydrogen-bond donors (Lipinski definition) is 2. The molecular weight excluding hydrogens is 380 g/mol. The number of fused-ring (bicyclic) bond motifs is 1. The second-order valence-electron chi connectivity index (χ2n) is 7.56. The normalized spacial score (nSPS) is 29.0. The average molecular weight is 411 g/mol. The summed E-state index contributed by atoms with van der Waals surface area (Å²) in [5, 5.41) is 6.35. The van der Waals surface area contributed by atoms with Gasteiger partial charge in [-0.25, -0.2) is 4.79 Å². The van der Waals surface area contributed by atoms with Gasteiger partial charge in [-0.05, 0) is 32.6 Å². The summed E-state index contributed by atoms with van der Waals surface area (Å²) < 4.78 is 10.7. The minimum atomic E-state index is -0.193. The molecule has 2 fully saturated rings. The number of allylic oxidation sites excluding steroid dienone is 2. The van der Waals surface area contributed by atoms with Gasteiger partial charge in [0.15, 0.2) is 5.78 Å². The quantitative estimate of drug-likeness (QED) is 0.327. The second-order valence-corrected chi connectivity index (χ2v) is 8.83. The molecule has 0 aromatic rings. The van der Waals surface area contributed by atoms with E-state index in [9.17, 15) is 14.4 Å². The van der Waals surface area contributed by atoms with Gasteiger partial charge in [0.05, 0.1) is 31.1 Å². The lowest BCUT2D eigenvalue weighted by Crippen LogP contribution is -2.36. The molecule has 0 bridgehead atoms. The van der Waals surface area contributed by atoms with Gasteiger partial charge in [0.1, 0.15) is 0 Å². The van der Waals surface area contributed by atoms with Gasteiger partial charge in [0.2, 0.25) is 0 Å². The number of amides is 2. The van der Waals surface area contributed by atoms with Crippen LogP contribution in [0.1, 0.15) is 51.9 Å². The summed E-state index contributed by atoms with van der Waals surface area (Å²) in [4.78, 5) is 35.4. The van der Waals surface area contributed by atoms with Gasteiger partial charge in [-0.2, -0.15) is 11.8 Å². The van der Waals surface area contributed by atoms with Gasteiger partial charge < -0.3 is 20.1 Å². The number of nitrogens with one attached hydrogen (secondary N) is 2. The van der Waals surface area contributed by atoms with Crippen molar-refractivity contribution in [3.05, 3.63) is 11.8 Å². The zero-order chi connectivity index (χ0) is 19.9. The molecule has 8 heteroatoms. The van der Waals surface area contributed by atoms with Crippen molar-refractivity contribution in [3.8, 4) is 0 Å². The lowest BCUT2D eigenvalue weighted by atomic mass is 9.89. The highest BCUT2D eigenvalue weighted by Crippen LogP contribution is 2.33. The molecule has 0 radical (unpaired) electrons. The first-order chi connectivity index (χ1) is 13.6. The first-order valence-corrected chi connectivity index (χ1v) is 11.3. The van der Waals surface area contributed by atoms with Crippen molar-refractivity contribution in [1.29, 1.82) is 0 Å². The molecule has 4 atom stereocenters. The molecule has 0 aromatic carbocycles. The van der Waals surface area contributed by atoms with Gasteiger partial charge in [-0.3, -0.25) is 9.59 Å². The Morgan fingerprint density at radius 3 is 2.89 bits per heavy atom. The second kappa shape index (κ2) is 10.2. The van der Waals surface area contributed by atoms with Gasteiger partial charge in [0.25, 0.3) is 0 Å². The number of esters is 1. The van der Waals surface area contributed by atoms with Crippen molar-refractivity contribution in [2.24, 2.45) is 5.92 Å². The number of unbranched alkanes of at least 4 members (excludes halogenated alkanes) is 1. The molecule has 2 heterocycles. The first-order valence-electron chi connectivity index (χ1n) is 10.3. The maximum absolute atomic E-state index is 12.1. The van der Waals surface area contributed by atoms with E-state index >= 15 is 0 Å². The summed E-state index contributed by atoms with van der Waals surface area (Å²) in [7, 11) is 0. The maximum Gasteiger partial charge on any atom is 0.315 e. The highest BCUT2D eigenvalue weighted by molar-refractivity contribution is 8.00. The summed E-state index contributed by atoms with van der Waals surface area (Å²) in [6.07, 6.45) is 6.83. The molecule has 2 amide bonds. The van der Waals surface area contributed by atoms with E-state index < -0.39 is 0 Å². The van der Waals surface area contributed by atoms with Crippen LogP contribution in [-0.2, 0) is 19.1 Å². The zero-order valence-electron chi connectivity index (χ0n) is 16.4. The molecule has 7 nitrogen and oxygen atoms in total. The van der Waals surface area contributed by atoms with E-state index in [0.717, 1.165) is 43.6 Å². The van der Waals surface area contributed by atoms with Crippen LogP contribution in [0.4, 0.5) is 4.79 Å². The Bertz CT molecular complexity index is 624. The standard InChI is InChI=1S/C20H30N2O5S/c1-2-26-14-8-7-13(16(23)11-14)9-10-27-18(24)6-4-3-5-17-19-15(12-28-17)21-20(25)22-19/h11,13,15,17,19H,2-10,12H2,1H3,(H2,21,22,25)/t13?,15-,17-,19-/m0/s1. The Hall–Kier alpha value is -1.70. The van der Waals surface area contributed by atoms with Crippen molar-refractivity contribution in [1.82, 2.24) is 10.6 Å². The molecule has 1 aliphatic carbocycles. The molecule has 0 aromatic heterocycles. The monoisotopic (exact) mass is 410 g/mol. The molecular formula is C20H30N2O5S. The van der Waals surface area contributed by atoms with E-state index in [2.05, 4.69) is 10.6 Å². The van der Waals surface area contributed by atoms with Gasteiger partial charge >= 0.3 is 12.0 Å². The Morgan fingerprint density at radius 2 is 2.11 bits per heavy atom. The third-order valence-electron chi connectivity index (χ3n) is 5.56. The van der Waals surface area contributed by atoms with Crippen LogP contribution in [-0.4, -0.2) is 54.1 Å². The Kier molecular flexibility index (Phi) is 7.65. The topological polar surface area (TPSA) is 93.7 Å². The minimum absolute atomic E-state index is 0.0649. The van der Waals surface area contributed by atoms with Crippen LogP contribution in [0.3, 0.4) is 0 Å². The van der Waals surface area contributed by atoms with E-state index in [4.69, 9.17) is 9.47 Å². The van der Waals surface area contributed by atoms with Gasteiger partial charge in [-0.1, -0.05) is 6.42 Å². The van der Waals surface area contributed by atoms with E-state index in [1.165, 1.54) is 0 Å². The minimum Gasteiger partial charge on any atom is -0.498 e. The molecule has 2 saturated heterocycles. The maximum atomic E-state index is 12.1. The van der Waals surface area contributed by atoms with Crippen LogP contribution in [0.5, 0.6) is 0 Å². The summed E-state index contributed by atoms with van der Waals surface area (Å²) in [5.74, 6) is 1.53. The fourth-order valence-corrected chi connectivity index (χ4v) is 5.58. The molecule has 1 unspecified atom stereocenters. The largest absolute Gasteiger partial charge is 0.498 e. The van der Waals surface area contributed by atoms with Crippen LogP contribution in [0.25, 0.3) is 0 Å². The molecule has 0 spiro atoms. The fraction of sp³-hybridized carbons (Fsp3) is 0.750. The predicted molar refractivity (Wildman–Crippen MR) is 107 cm³/mol. The van der Waals surface area contributed by atoms with Crippen molar-refractivity contribution in [2.45, 2.75) is 69.2 Å². The third-order valence-corrected chi connectivity index (χ3v) is 7.07. The first kappa shape index (κ1) is 21.0. The van der Waals surface area contributed by atoms with E-state index in [0.29, 0.717) is 31.3 Å². The summed E-state index contributed by atoms with van der Waals surface area (Å²) in [6, 6.07) is 0.397. The molecule has 3 rings (SSSR count). The fourth-order valence-electron chi connectivity index (χ4n) is 4.04. The Balaban J connectivity index is 1.24. The Morgan fingerprint density at radius 1 is 1.25 bits per heavy atom. The number of thioether (sulfide) groups is 1. The molecule has 2 N–H and O–H groups in total. The third kappa shape index (κ3) is 5.65. The highest BCUT2D eigenvalue weighted by Gasteiger charge is 2.42. The van der Waals surface area contributed by atoms with Gasteiger partial charge in [-0.15, -0.1) is 0 Å². The summed E-state index contributed by atoms with van der Waals surface area (Å²) in [5.41, 5.74) is 0. The van der Waals surface area contributed by atoms with E-state index in [1.54, 1.807) is 6.08 Å². The van der Waals surface area contributed by atoms with Crippen LogP contribution >= 0.6 is 11.8 Å². The molecule has 0 saturated carbocycles. The number of rotatable bonds is 10. The van der Waals surface area contributed by atoms with Crippen molar-refractivity contribution < 1.29 is 23.9 Å². The number of ether oxygens (including phenoxy) is 2. The number of hydrogen-bond acceptors (Lipinski definition) is 6. The Labute approximate surface area is 170 Å². The van der Waals surface area contributed by atoms with E-state index in [-0.39, 0.29) is 35.8 Å². The molecule has 28 heavy (non-hydrogen) atoms. The smallest absolute Gasteiger partial charge is 0.315 e. The van der Waals surface area contributed by atoms with E-state index in [1.807, 2.05) is 18.7 Å². The average Bonchev–Trinajstić information content (AvgIpc) is 3.20. The number of carbonyl (C=O) groups is 3. The van der Waals surface area contributed by atoms with Crippen LogP contribution in [0, 0.1) is 5.92 Å². The SMILES string of the molecule is CCOC1=CC(=O)C(CCOC(=O)CCCC[C@@H]2SC[C@@H]3NC(=O)N[C@@H]32)CC1. The summed E-state index contributed by atoms with van der Waals surface area (Å²) >= 11 is 1.89.